The van der Waals surface area contributed by atoms with E-state index in [4.69, 9.17) is 20.4 Å². The second-order valence-electron chi connectivity index (χ2n) is 1.77. The van der Waals surface area contributed by atoms with Gasteiger partial charge in [-0.15, -0.1) is 0 Å². The van der Waals surface area contributed by atoms with E-state index in [1.54, 1.807) is 11.8 Å². The molecule has 2 unspecified atom stereocenters. The van der Waals surface area contributed by atoms with Crippen molar-refractivity contribution in [1.82, 2.24) is 0 Å². The fraction of sp³-hybridized carbons (Fsp3) is 0.333. The number of aliphatic hydroxyl groups excluding tert-OH is 2. The minimum Gasteiger partial charge on any atom is -0.479 e. The van der Waals surface area contributed by atoms with E-state index in [0.29, 0.717) is 0 Å². The van der Waals surface area contributed by atoms with Gasteiger partial charge in [-0.05, 0) is 0 Å². The highest BCUT2D eigenvalue weighted by molar-refractivity contribution is 5.78. The first-order valence-corrected chi connectivity index (χ1v) is 2.78. The molecular weight excluding hydrogens is 168 g/mol. The topological polar surface area (TPSA) is 115 Å². The molecule has 6 heteroatoms. The zero-order chi connectivity index (χ0) is 9.72. The smallest absolute Gasteiger partial charge is 0.345 e. The molecule has 0 aromatic carbocycles. The monoisotopic (exact) mass is 174 g/mol. The summed E-state index contributed by atoms with van der Waals surface area (Å²) in [6, 6.07) is 0. The molecule has 4 N–H and O–H groups in total. The zero-order valence-corrected chi connectivity index (χ0v) is 5.76. The van der Waals surface area contributed by atoms with Crippen molar-refractivity contribution in [2.24, 2.45) is 0 Å². The summed E-state index contributed by atoms with van der Waals surface area (Å²) in [6.45, 7) is 0. The predicted octanol–water partition coefficient (Wildman–Crippen LogP) is -2.12. The maximum absolute atomic E-state index is 9.90. The van der Waals surface area contributed by atoms with Crippen LogP contribution in [0, 0.1) is 11.8 Å². The number of aliphatic hydroxyl groups is 2. The van der Waals surface area contributed by atoms with E-state index in [9.17, 15) is 9.59 Å². The summed E-state index contributed by atoms with van der Waals surface area (Å²) in [5.41, 5.74) is 0. The average molecular weight is 174 g/mol. The Labute approximate surface area is 67.1 Å². The first-order chi connectivity index (χ1) is 5.45. The van der Waals surface area contributed by atoms with Gasteiger partial charge in [0, 0.05) is 0 Å². The van der Waals surface area contributed by atoms with Crippen LogP contribution < -0.4 is 0 Å². The van der Waals surface area contributed by atoms with Gasteiger partial charge >= 0.3 is 11.9 Å². The Balaban J connectivity index is 4.21. The SMILES string of the molecule is O=C(O)C(O)C#CC(O)C(=O)O. The van der Waals surface area contributed by atoms with E-state index in [1.807, 2.05) is 0 Å². The van der Waals surface area contributed by atoms with Gasteiger partial charge in [0.25, 0.3) is 0 Å². The normalized spacial score (nSPS) is 13.8. The molecule has 0 heterocycles. The van der Waals surface area contributed by atoms with Gasteiger partial charge in [-0.2, -0.15) is 0 Å². The standard InChI is InChI=1S/C6H6O6/c7-3(5(9)10)1-2-4(8)6(11)12/h3-4,7-8H,(H,9,10)(H,11,12). The lowest BCUT2D eigenvalue weighted by Gasteiger charge is -1.94. The Kier molecular flexibility index (Phi) is 3.76. The lowest BCUT2D eigenvalue weighted by molar-refractivity contribution is -0.144. The molecule has 2 atom stereocenters. The molecule has 66 valence electrons. The van der Waals surface area contributed by atoms with Crippen LogP contribution in [0.15, 0.2) is 0 Å². The molecule has 0 radical (unpaired) electrons. The van der Waals surface area contributed by atoms with Crippen molar-refractivity contribution < 1.29 is 30.0 Å². The van der Waals surface area contributed by atoms with Crippen LogP contribution in [-0.4, -0.2) is 44.6 Å². The summed E-state index contributed by atoms with van der Waals surface area (Å²) < 4.78 is 0. The van der Waals surface area contributed by atoms with Gasteiger partial charge in [0.1, 0.15) is 0 Å². The maximum Gasteiger partial charge on any atom is 0.345 e. The van der Waals surface area contributed by atoms with Crippen LogP contribution in [0.25, 0.3) is 0 Å². The molecule has 12 heavy (non-hydrogen) atoms. The van der Waals surface area contributed by atoms with Crippen LogP contribution in [0.2, 0.25) is 0 Å². The molecule has 0 aliphatic heterocycles. The third-order valence-electron chi connectivity index (χ3n) is 0.825. The fourth-order valence-corrected chi connectivity index (χ4v) is 0.281. The number of carboxylic acid groups (broad SMARTS) is 2. The van der Waals surface area contributed by atoms with Crippen molar-refractivity contribution in [3.63, 3.8) is 0 Å². The van der Waals surface area contributed by atoms with Gasteiger partial charge in [0.05, 0.1) is 0 Å². The Morgan fingerprint density at radius 1 is 0.917 bits per heavy atom. The molecule has 0 bridgehead atoms. The van der Waals surface area contributed by atoms with Gasteiger partial charge in [-0.3, -0.25) is 0 Å². The lowest BCUT2D eigenvalue weighted by atomic mass is 10.3. The van der Waals surface area contributed by atoms with Crippen molar-refractivity contribution in [2.45, 2.75) is 12.2 Å². The molecule has 0 rings (SSSR count). The number of aliphatic carboxylic acids is 2. The van der Waals surface area contributed by atoms with Crippen LogP contribution >= 0.6 is 0 Å². The third-order valence-corrected chi connectivity index (χ3v) is 0.825. The van der Waals surface area contributed by atoms with E-state index >= 15 is 0 Å². The molecule has 0 spiro atoms. The predicted molar refractivity (Wildman–Crippen MR) is 35.1 cm³/mol. The Morgan fingerprint density at radius 2 is 1.17 bits per heavy atom. The van der Waals surface area contributed by atoms with E-state index in [1.165, 1.54) is 0 Å². The second-order valence-corrected chi connectivity index (χ2v) is 1.77. The summed E-state index contributed by atoms with van der Waals surface area (Å²) in [4.78, 5) is 19.8. The molecular formula is C6H6O6. The average Bonchev–Trinajstić information content (AvgIpc) is 1.98. The first-order valence-electron chi connectivity index (χ1n) is 2.78. The van der Waals surface area contributed by atoms with Crippen molar-refractivity contribution >= 4 is 11.9 Å². The van der Waals surface area contributed by atoms with Gasteiger partial charge in [-0.25, -0.2) is 9.59 Å². The maximum atomic E-state index is 9.90. The molecule has 0 saturated heterocycles. The van der Waals surface area contributed by atoms with Gasteiger partial charge in [0.15, 0.2) is 0 Å². The van der Waals surface area contributed by atoms with Crippen molar-refractivity contribution in [2.75, 3.05) is 0 Å². The first kappa shape index (κ1) is 10.4. The van der Waals surface area contributed by atoms with E-state index < -0.39 is 24.1 Å². The highest BCUT2D eigenvalue weighted by atomic mass is 16.4. The van der Waals surface area contributed by atoms with Crippen molar-refractivity contribution in [1.29, 1.82) is 0 Å². The van der Waals surface area contributed by atoms with Gasteiger partial charge in [-0.1, -0.05) is 11.8 Å². The molecule has 0 aliphatic carbocycles. The molecule has 6 nitrogen and oxygen atoms in total. The van der Waals surface area contributed by atoms with Gasteiger partial charge in [0.2, 0.25) is 12.2 Å². The highest BCUT2D eigenvalue weighted by Gasteiger charge is 2.11. The van der Waals surface area contributed by atoms with E-state index in [-0.39, 0.29) is 0 Å². The Hall–Kier alpha value is -1.58. The Morgan fingerprint density at radius 3 is 1.33 bits per heavy atom. The Bertz CT molecular complexity index is 222. The minimum absolute atomic E-state index is 1.60. The second kappa shape index (κ2) is 4.33. The highest BCUT2D eigenvalue weighted by Crippen LogP contribution is 1.82. The molecule has 0 fully saturated rings. The molecule has 0 amide bonds. The molecule has 0 aromatic heterocycles. The van der Waals surface area contributed by atoms with Crippen LogP contribution in [0.5, 0.6) is 0 Å². The van der Waals surface area contributed by atoms with Gasteiger partial charge < -0.3 is 20.4 Å². The molecule has 0 aromatic rings. The summed E-state index contributed by atoms with van der Waals surface area (Å²) in [7, 11) is 0. The van der Waals surface area contributed by atoms with Crippen LogP contribution in [0.1, 0.15) is 0 Å². The minimum atomic E-state index is -1.97. The lowest BCUT2D eigenvalue weighted by Crippen LogP contribution is -2.20. The van der Waals surface area contributed by atoms with Crippen molar-refractivity contribution in [3.05, 3.63) is 0 Å². The fourth-order valence-electron chi connectivity index (χ4n) is 0.281. The van der Waals surface area contributed by atoms with Crippen molar-refractivity contribution in [3.8, 4) is 11.8 Å². The van der Waals surface area contributed by atoms with E-state index in [0.717, 1.165) is 0 Å². The van der Waals surface area contributed by atoms with Crippen LogP contribution in [-0.2, 0) is 9.59 Å². The largest absolute Gasteiger partial charge is 0.479 e. The number of hydrogen-bond acceptors (Lipinski definition) is 4. The number of carbonyl (C=O) groups is 2. The van der Waals surface area contributed by atoms with Crippen LogP contribution in [0.4, 0.5) is 0 Å². The summed E-state index contributed by atoms with van der Waals surface area (Å²) in [5, 5.41) is 33.1. The number of rotatable bonds is 2. The molecule has 0 saturated carbocycles. The van der Waals surface area contributed by atoms with E-state index in [2.05, 4.69) is 0 Å². The molecule has 0 aliphatic rings. The summed E-state index contributed by atoms with van der Waals surface area (Å²) in [5.74, 6) is 0.0824. The number of hydrogen-bond donors (Lipinski definition) is 4. The zero-order valence-electron chi connectivity index (χ0n) is 5.76. The van der Waals surface area contributed by atoms with Crippen LogP contribution in [0.3, 0.4) is 0 Å². The summed E-state index contributed by atoms with van der Waals surface area (Å²) >= 11 is 0. The summed E-state index contributed by atoms with van der Waals surface area (Å²) in [6.07, 6.45) is -3.95. The number of carboxylic acids is 2. The third kappa shape index (κ3) is 3.55. The quantitative estimate of drug-likeness (QED) is 0.356.